The van der Waals surface area contributed by atoms with E-state index in [0.29, 0.717) is 23.8 Å². The van der Waals surface area contributed by atoms with Crippen LogP contribution in [-0.4, -0.2) is 29.2 Å². The molecule has 40 heavy (non-hydrogen) atoms. The monoisotopic (exact) mass is 540 g/mol. The molecule has 1 atom stereocenters. The molecular formula is C34H40N2O4. The van der Waals surface area contributed by atoms with Gasteiger partial charge in [0.05, 0.1) is 13.2 Å². The second kappa shape index (κ2) is 11.6. The maximum Gasteiger partial charge on any atom is 0.349 e. The first-order chi connectivity index (χ1) is 18.9. The highest BCUT2D eigenvalue weighted by Gasteiger charge is 2.31. The third kappa shape index (κ3) is 6.06. The average molecular weight is 541 g/mol. The van der Waals surface area contributed by atoms with Crippen molar-refractivity contribution >= 4 is 22.8 Å². The SMILES string of the molecule is COC(=O)C(C)(C)Oc1ccc(Cn2c(C)c(C)c3cc(C(=O)N[C@@H](C)c4cccc(C(C)C)c4)ccc32)cc1. The van der Waals surface area contributed by atoms with Crippen molar-refractivity contribution in [1.29, 1.82) is 0 Å². The minimum Gasteiger partial charge on any atom is -0.476 e. The van der Waals surface area contributed by atoms with Crippen LogP contribution in [-0.2, 0) is 16.1 Å². The van der Waals surface area contributed by atoms with Gasteiger partial charge < -0.3 is 19.4 Å². The molecule has 0 fully saturated rings. The summed E-state index contributed by atoms with van der Waals surface area (Å²) in [6, 6.07) is 22.0. The molecule has 6 heteroatoms. The number of aromatic nitrogens is 1. The highest BCUT2D eigenvalue weighted by molar-refractivity contribution is 5.99. The molecular weight excluding hydrogens is 500 g/mol. The molecule has 0 saturated heterocycles. The summed E-state index contributed by atoms with van der Waals surface area (Å²) >= 11 is 0. The molecule has 0 aliphatic heterocycles. The topological polar surface area (TPSA) is 69.6 Å². The van der Waals surface area contributed by atoms with E-state index in [1.165, 1.54) is 12.7 Å². The Labute approximate surface area is 237 Å². The van der Waals surface area contributed by atoms with Crippen molar-refractivity contribution in [2.45, 2.75) is 72.6 Å². The fraction of sp³-hybridized carbons (Fsp3) is 0.353. The van der Waals surface area contributed by atoms with E-state index in [-0.39, 0.29) is 11.9 Å². The number of amides is 1. The molecule has 1 heterocycles. The van der Waals surface area contributed by atoms with E-state index in [1.54, 1.807) is 13.8 Å². The van der Waals surface area contributed by atoms with Gasteiger partial charge in [-0.15, -0.1) is 0 Å². The molecule has 6 nitrogen and oxygen atoms in total. The number of benzene rings is 3. The van der Waals surface area contributed by atoms with Gasteiger partial charge >= 0.3 is 5.97 Å². The third-order valence-electron chi connectivity index (χ3n) is 7.64. The summed E-state index contributed by atoms with van der Waals surface area (Å²) in [5.74, 6) is 0.527. The number of hydrogen-bond acceptors (Lipinski definition) is 4. The number of carbonyl (C=O) groups excluding carboxylic acids is 2. The fourth-order valence-corrected chi connectivity index (χ4v) is 4.97. The van der Waals surface area contributed by atoms with Crippen molar-refractivity contribution in [3.05, 3.63) is 100 Å². The van der Waals surface area contributed by atoms with Crippen molar-refractivity contribution in [3.8, 4) is 5.75 Å². The van der Waals surface area contributed by atoms with Crippen LogP contribution in [0, 0.1) is 13.8 Å². The third-order valence-corrected chi connectivity index (χ3v) is 7.64. The lowest BCUT2D eigenvalue weighted by molar-refractivity contribution is -0.156. The Bertz CT molecular complexity index is 1530. The van der Waals surface area contributed by atoms with Crippen LogP contribution in [0.2, 0.25) is 0 Å². The van der Waals surface area contributed by atoms with Gasteiger partial charge in [0.1, 0.15) is 5.75 Å². The first-order valence-electron chi connectivity index (χ1n) is 13.8. The van der Waals surface area contributed by atoms with Gasteiger partial charge in [-0.25, -0.2) is 4.79 Å². The maximum atomic E-state index is 13.2. The van der Waals surface area contributed by atoms with Gasteiger partial charge in [-0.1, -0.05) is 50.2 Å². The van der Waals surface area contributed by atoms with E-state index in [0.717, 1.165) is 33.3 Å². The van der Waals surface area contributed by atoms with Crippen molar-refractivity contribution in [2.24, 2.45) is 0 Å². The largest absolute Gasteiger partial charge is 0.476 e. The van der Waals surface area contributed by atoms with Crippen LogP contribution in [0.15, 0.2) is 66.7 Å². The van der Waals surface area contributed by atoms with Gasteiger partial charge in [-0.05, 0) is 93.1 Å². The van der Waals surface area contributed by atoms with Gasteiger partial charge in [0.2, 0.25) is 0 Å². The zero-order valence-corrected chi connectivity index (χ0v) is 24.8. The smallest absolute Gasteiger partial charge is 0.349 e. The number of methoxy groups -OCH3 is 1. The van der Waals surface area contributed by atoms with Crippen molar-refractivity contribution in [2.75, 3.05) is 7.11 Å². The molecule has 0 spiro atoms. The molecule has 1 aromatic heterocycles. The number of esters is 1. The molecule has 1 N–H and O–H groups in total. The van der Waals surface area contributed by atoms with Gasteiger partial charge in [-0.2, -0.15) is 0 Å². The summed E-state index contributed by atoms with van der Waals surface area (Å²) in [6.07, 6.45) is 0. The van der Waals surface area contributed by atoms with Crippen LogP contribution < -0.4 is 10.1 Å². The number of ether oxygens (including phenoxy) is 2. The highest BCUT2D eigenvalue weighted by atomic mass is 16.6. The molecule has 1 amide bonds. The maximum absolute atomic E-state index is 13.2. The number of fused-ring (bicyclic) bond motifs is 1. The first-order valence-corrected chi connectivity index (χ1v) is 13.8. The molecule has 210 valence electrons. The number of nitrogens with zero attached hydrogens (tertiary/aromatic N) is 1. The van der Waals surface area contributed by atoms with E-state index in [2.05, 4.69) is 61.8 Å². The van der Waals surface area contributed by atoms with Gasteiger partial charge in [-0.3, -0.25) is 4.79 Å². The summed E-state index contributed by atoms with van der Waals surface area (Å²) in [6.45, 7) is 14.6. The van der Waals surface area contributed by atoms with Crippen molar-refractivity contribution in [3.63, 3.8) is 0 Å². The molecule has 0 radical (unpaired) electrons. The molecule has 0 bridgehead atoms. The summed E-state index contributed by atoms with van der Waals surface area (Å²) in [5.41, 5.74) is 6.43. The van der Waals surface area contributed by atoms with Gasteiger partial charge in [0.15, 0.2) is 5.60 Å². The predicted molar refractivity (Wildman–Crippen MR) is 160 cm³/mol. The fourth-order valence-electron chi connectivity index (χ4n) is 4.97. The molecule has 0 unspecified atom stereocenters. The molecule has 4 aromatic rings. The quantitative estimate of drug-likeness (QED) is 0.227. The highest BCUT2D eigenvalue weighted by Crippen LogP contribution is 2.29. The Hall–Kier alpha value is -4.06. The van der Waals surface area contributed by atoms with E-state index in [9.17, 15) is 9.59 Å². The van der Waals surface area contributed by atoms with E-state index < -0.39 is 11.6 Å². The Balaban J connectivity index is 1.52. The van der Waals surface area contributed by atoms with Crippen molar-refractivity contribution < 1.29 is 19.1 Å². The summed E-state index contributed by atoms with van der Waals surface area (Å²) < 4.78 is 12.9. The molecule has 3 aromatic carbocycles. The van der Waals surface area contributed by atoms with Crippen LogP contribution >= 0.6 is 0 Å². The summed E-state index contributed by atoms with van der Waals surface area (Å²) in [5, 5.41) is 4.24. The normalized spacial score (nSPS) is 12.4. The van der Waals surface area contributed by atoms with Gasteiger partial charge in [0.25, 0.3) is 5.91 Å². The van der Waals surface area contributed by atoms with Crippen LogP contribution in [0.25, 0.3) is 10.9 Å². The van der Waals surface area contributed by atoms with Crippen LogP contribution in [0.5, 0.6) is 5.75 Å². The van der Waals surface area contributed by atoms with Crippen LogP contribution in [0.3, 0.4) is 0 Å². The number of hydrogen-bond donors (Lipinski definition) is 1. The summed E-state index contributed by atoms with van der Waals surface area (Å²) in [7, 11) is 1.35. The van der Waals surface area contributed by atoms with E-state index in [1.807, 2.05) is 49.4 Å². The molecule has 0 aliphatic rings. The molecule has 4 rings (SSSR count). The molecule has 0 saturated carbocycles. The Morgan fingerprint density at radius 1 is 0.925 bits per heavy atom. The Kier molecular flexibility index (Phi) is 8.38. The number of nitrogens with one attached hydrogen (secondary N) is 1. The average Bonchev–Trinajstić information content (AvgIpc) is 3.17. The minimum absolute atomic E-state index is 0.0837. The first kappa shape index (κ1) is 28.9. The molecule has 0 aliphatic carbocycles. The lowest BCUT2D eigenvalue weighted by Gasteiger charge is -2.23. The predicted octanol–water partition coefficient (Wildman–Crippen LogP) is 7.25. The van der Waals surface area contributed by atoms with Crippen LogP contribution in [0.1, 0.15) is 84.9 Å². The van der Waals surface area contributed by atoms with E-state index >= 15 is 0 Å². The van der Waals surface area contributed by atoms with Crippen molar-refractivity contribution in [1.82, 2.24) is 9.88 Å². The minimum atomic E-state index is -1.07. The number of aryl methyl sites for hydroxylation is 1. The number of carbonyl (C=O) groups is 2. The second-order valence-electron chi connectivity index (χ2n) is 11.3. The van der Waals surface area contributed by atoms with Crippen LogP contribution in [0.4, 0.5) is 0 Å². The lowest BCUT2D eigenvalue weighted by atomic mass is 9.98. The summed E-state index contributed by atoms with van der Waals surface area (Å²) in [4.78, 5) is 25.2. The zero-order valence-electron chi connectivity index (χ0n) is 24.8. The second-order valence-corrected chi connectivity index (χ2v) is 11.3. The Morgan fingerprint density at radius 3 is 2.25 bits per heavy atom. The zero-order chi connectivity index (χ0) is 29.2. The van der Waals surface area contributed by atoms with Gasteiger partial charge in [0, 0.05) is 28.7 Å². The Morgan fingerprint density at radius 2 is 1.60 bits per heavy atom. The lowest BCUT2D eigenvalue weighted by Crippen LogP contribution is -2.39. The standard InChI is InChI=1S/C34H40N2O4/c1-21(2)26-10-9-11-27(18-26)23(4)35-32(37)28-14-17-31-30(19-28)22(3)24(5)36(31)20-25-12-15-29(16-13-25)40-34(6,7)33(38)39-8/h9-19,21,23H,20H2,1-8H3,(H,35,37)/t23-/m0/s1. The van der Waals surface area contributed by atoms with E-state index in [4.69, 9.17) is 9.47 Å². The number of rotatable bonds is 9.